The van der Waals surface area contributed by atoms with E-state index in [0.717, 1.165) is 23.4 Å². The number of hydrogen-bond acceptors (Lipinski definition) is 9. The minimum atomic E-state index is -4.56. The Morgan fingerprint density at radius 3 is 2.38 bits per heavy atom. The summed E-state index contributed by atoms with van der Waals surface area (Å²) in [6, 6.07) is 7.96. The van der Waals surface area contributed by atoms with Crippen LogP contribution in [-0.2, 0) is 15.7 Å². The van der Waals surface area contributed by atoms with Gasteiger partial charge in [0.1, 0.15) is 17.9 Å². The van der Waals surface area contributed by atoms with Gasteiger partial charge in [-0.3, -0.25) is 14.7 Å². The molecule has 0 spiro atoms. The molecule has 258 valence electrons. The normalized spacial score (nSPS) is 16.1. The van der Waals surface area contributed by atoms with E-state index in [0.29, 0.717) is 88.5 Å². The average molecular weight is 671 g/mol. The summed E-state index contributed by atoms with van der Waals surface area (Å²) < 4.78 is 56.8. The number of amides is 2. The fourth-order valence-electron chi connectivity index (χ4n) is 5.42. The molecule has 3 aromatic rings. The SMILES string of the molecule is Cc1ncc(NC(=O)c2cccc(C(F)(F)F)c2)cc1-c1cnc(OCCN2CCN(C(=O)OC(C)(C)C)CC2)c(N2CCOCC2)c1. The predicted molar refractivity (Wildman–Crippen MR) is 174 cm³/mol. The first-order valence-electron chi connectivity index (χ1n) is 15.9. The first-order valence-corrected chi connectivity index (χ1v) is 15.9. The number of carbonyl (C=O) groups is 2. The smallest absolute Gasteiger partial charge is 0.416 e. The van der Waals surface area contributed by atoms with Crippen LogP contribution in [0.2, 0.25) is 0 Å². The van der Waals surface area contributed by atoms with E-state index in [1.165, 1.54) is 18.3 Å². The number of piperazine rings is 1. The first kappa shape index (κ1) is 34.9. The summed E-state index contributed by atoms with van der Waals surface area (Å²) in [7, 11) is 0. The number of hydrogen-bond donors (Lipinski definition) is 1. The third kappa shape index (κ3) is 9.13. The molecular formula is C34H41F3N6O5. The van der Waals surface area contributed by atoms with E-state index in [2.05, 4.69) is 25.1 Å². The van der Waals surface area contributed by atoms with Gasteiger partial charge in [-0.15, -0.1) is 0 Å². The minimum Gasteiger partial charge on any atom is -0.475 e. The maximum atomic E-state index is 13.2. The average Bonchev–Trinajstić information content (AvgIpc) is 3.05. The lowest BCUT2D eigenvalue weighted by atomic mass is 10.0. The lowest BCUT2D eigenvalue weighted by molar-refractivity contribution is -0.137. The van der Waals surface area contributed by atoms with Crippen LogP contribution in [-0.4, -0.2) is 103 Å². The van der Waals surface area contributed by atoms with Crippen molar-refractivity contribution in [3.63, 3.8) is 0 Å². The zero-order chi connectivity index (χ0) is 34.5. The summed E-state index contributed by atoms with van der Waals surface area (Å²) in [4.78, 5) is 40.5. The van der Waals surface area contributed by atoms with Crippen LogP contribution in [0, 0.1) is 6.92 Å². The minimum absolute atomic E-state index is 0.116. The van der Waals surface area contributed by atoms with Gasteiger partial charge in [0.05, 0.1) is 30.7 Å². The molecule has 0 saturated carbocycles. The molecular weight excluding hydrogens is 629 g/mol. The molecule has 4 heterocycles. The summed E-state index contributed by atoms with van der Waals surface area (Å²) >= 11 is 0. The molecule has 2 aromatic heterocycles. The Kier molecular flexibility index (Phi) is 10.7. The van der Waals surface area contributed by atoms with Crippen molar-refractivity contribution in [3.05, 3.63) is 65.6 Å². The van der Waals surface area contributed by atoms with Gasteiger partial charge in [-0.25, -0.2) is 9.78 Å². The molecule has 2 aliphatic heterocycles. The molecule has 0 radical (unpaired) electrons. The van der Waals surface area contributed by atoms with E-state index < -0.39 is 23.2 Å². The van der Waals surface area contributed by atoms with Crippen LogP contribution >= 0.6 is 0 Å². The van der Waals surface area contributed by atoms with E-state index >= 15 is 0 Å². The highest BCUT2D eigenvalue weighted by molar-refractivity contribution is 6.04. The van der Waals surface area contributed by atoms with Crippen molar-refractivity contribution < 1.29 is 37.0 Å². The van der Waals surface area contributed by atoms with Crippen molar-refractivity contribution in [2.45, 2.75) is 39.5 Å². The second-order valence-corrected chi connectivity index (χ2v) is 12.7. The zero-order valence-electron chi connectivity index (χ0n) is 27.6. The van der Waals surface area contributed by atoms with Gasteiger partial charge in [0, 0.05) is 74.4 Å². The summed E-state index contributed by atoms with van der Waals surface area (Å²) in [6.07, 6.45) is -1.71. The largest absolute Gasteiger partial charge is 0.475 e. The molecule has 2 fully saturated rings. The molecule has 1 aromatic carbocycles. The quantitative estimate of drug-likeness (QED) is 0.333. The molecule has 0 aliphatic carbocycles. The number of morpholine rings is 1. The van der Waals surface area contributed by atoms with Crippen molar-refractivity contribution in [2.75, 3.05) is 75.9 Å². The number of aromatic nitrogens is 2. The molecule has 2 saturated heterocycles. The number of halogens is 3. The summed E-state index contributed by atoms with van der Waals surface area (Å²) in [5.41, 5.74) is 1.70. The number of nitrogens with zero attached hydrogens (tertiary/aromatic N) is 5. The monoisotopic (exact) mass is 670 g/mol. The molecule has 2 amide bonds. The standard InChI is InChI=1S/C34H41F3N6O5/c1-23-28(20-27(22-38-23)40-30(44)24-6-5-7-26(18-24)34(35,36)37)25-19-29(42-13-15-46-16-14-42)31(39-21-25)47-17-12-41-8-10-43(11-9-41)32(45)48-33(2,3)4/h5-7,18-22H,8-17H2,1-4H3,(H,40,44). The number of alkyl halides is 3. The van der Waals surface area contributed by atoms with Crippen LogP contribution in [0.15, 0.2) is 48.8 Å². The lowest BCUT2D eigenvalue weighted by Crippen LogP contribution is -2.50. The van der Waals surface area contributed by atoms with Crippen molar-refractivity contribution >= 4 is 23.4 Å². The van der Waals surface area contributed by atoms with Crippen LogP contribution < -0.4 is 15.0 Å². The molecule has 0 atom stereocenters. The van der Waals surface area contributed by atoms with Crippen LogP contribution in [0.4, 0.5) is 29.3 Å². The Hall–Kier alpha value is -4.43. The maximum absolute atomic E-state index is 13.2. The third-order valence-electron chi connectivity index (χ3n) is 7.96. The van der Waals surface area contributed by atoms with Gasteiger partial charge < -0.3 is 29.3 Å². The van der Waals surface area contributed by atoms with E-state index in [1.54, 1.807) is 17.2 Å². The predicted octanol–water partition coefficient (Wildman–Crippen LogP) is 5.49. The van der Waals surface area contributed by atoms with Crippen molar-refractivity contribution in [1.29, 1.82) is 0 Å². The Balaban J connectivity index is 1.27. The van der Waals surface area contributed by atoms with Crippen LogP contribution in [0.25, 0.3) is 11.1 Å². The number of benzene rings is 1. The third-order valence-corrected chi connectivity index (χ3v) is 7.96. The van der Waals surface area contributed by atoms with Crippen molar-refractivity contribution in [2.24, 2.45) is 0 Å². The van der Waals surface area contributed by atoms with Crippen LogP contribution in [0.1, 0.15) is 42.4 Å². The Labute approximate surface area is 278 Å². The fourth-order valence-corrected chi connectivity index (χ4v) is 5.42. The van der Waals surface area contributed by atoms with Gasteiger partial charge in [0.2, 0.25) is 5.88 Å². The summed E-state index contributed by atoms with van der Waals surface area (Å²) in [6.45, 7) is 13.4. The van der Waals surface area contributed by atoms with Gasteiger partial charge in [0.15, 0.2) is 0 Å². The number of aryl methyl sites for hydroxylation is 1. The number of pyridine rings is 2. The van der Waals surface area contributed by atoms with Gasteiger partial charge in [0.25, 0.3) is 5.91 Å². The molecule has 48 heavy (non-hydrogen) atoms. The molecule has 14 heteroatoms. The highest BCUT2D eigenvalue weighted by Crippen LogP contribution is 2.34. The highest BCUT2D eigenvalue weighted by atomic mass is 19.4. The van der Waals surface area contributed by atoms with Gasteiger partial charge in [-0.1, -0.05) is 6.07 Å². The summed E-state index contributed by atoms with van der Waals surface area (Å²) in [5, 5.41) is 2.67. The molecule has 2 aliphatic rings. The van der Waals surface area contributed by atoms with E-state index in [9.17, 15) is 22.8 Å². The van der Waals surface area contributed by atoms with Crippen molar-refractivity contribution in [1.82, 2.24) is 19.8 Å². The lowest BCUT2D eigenvalue weighted by Gasteiger charge is -2.35. The van der Waals surface area contributed by atoms with Gasteiger partial charge >= 0.3 is 12.3 Å². The molecule has 5 rings (SSSR count). The zero-order valence-corrected chi connectivity index (χ0v) is 27.6. The summed E-state index contributed by atoms with van der Waals surface area (Å²) in [5.74, 6) is -0.201. The second kappa shape index (κ2) is 14.8. The molecule has 1 N–H and O–H groups in total. The Bertz CT molecular complexity index is 1600. The number of nitrogens with one attached hydrogen (secondary N) is 1. The van der Waals surface area contributed by atoms with Crippen LogP contribution in [0.5, 0.6) is 5.88 Å². The molecule has 11 nitrogen and oxygen atoms in total. The Morgan fingerprint density at radius 2 is 1.69 bits per heavy atom. The maximum Gasteiger partial charge on any atom is 0.416 e. The Morgan fingerprint density at radius 1 is 0.958 bits per heavy atom. The number of rotatable bonds is 8. The topological polar surface area (TPSA) is 109 Å². The van der Waals surface area contributed by atoms with E-state index in [1.807, 2.05) is 33.8 Å². The number of anilines is 2. The second-order valence-electron chi connectivity index (χ2n) is 12.7. The fraction of sp³-hybridized carbons (Fsp3) is 0.471. The molecule has 0 unspecified atom stereocenters. The van der Waals surface area contributed by atoms with E-state index in [4.69, 9.17) is 14.2 Å². The highest BCUT2D eigenvalue weighted by Gasteiger charge is 2.31. The van der Waals surface area contributed by atoms with Gasteiger partial charge in [-0.2, -0.15) is 13.2 Å². The van der Waals surface area contributed by atoms with Gasteiger partial charge in [-0.05, 0) is 58.0 Å². The van der Waals surface area contributed by atoms with E-state index in [-0.39, 0.29) is 11.7 Å². The van der Waals surface area contributed by atoms with Crippen LogP contribution in [0.3, 0.4) is 0 Å². The molecule has 0 bridgehead atoms. The number of ether oxygens (including phenoxy) is 3. The first-order chi connectivity index (χ1) is 22.8. The number of carbonyl (C=O) groups excluding carboxylic acids is 2. The van der Waals surface area contributed by atoms with Crippen molar-refractivity contribution in [3.8, 4) is 17.0 Å².